The van der Waals surface area contributed by atoms with Gasteiger partial charge >= 0.3 is 0 Å². The van der Waals surface area contributed by atoms with Crippen LogP contribution in [0.3, 0.4) is 0 Å². The van der Waals surface area contributed by atoms with Crippen LogP contribution < -0.4 is 5.32 Å². The van der Waals surface area contributed by atoms with E-state index in [1.807, 2.05) is 43.7 Å². The number of aromatic nitrogens is 2. The van der Waals surface area contributed by atoms with Gasteiger partial charge in [-0.05, 0) is 48.1 Å². The van der Waals surface area contributed by atoms with Gasteiger partial charge in [-0.2, -0.15) is 0 Å². The highest BCUT2D eigenvalue weighted by atomic mass is 35.5. The van der Waals surface area contributed by atoms with Crippen molar-refractivity contribution in [2.24, 2.45) is 0 Å². The molecule has 1 heterocycles. The molecule has 4 rings (SSSR count). The van der Waals surface area contributed by atoms with Crippen molar-refractivity contribution in [2.75, 3.05) is 0 Å². The SMILES string of the molecule is CCC(=O)NC1CCC(n2cncc2-c2ccc(-c3ccc(Cl)cc3)cc2)C1. The van der Waals surface area contributed by atoms with Gasteiger partial charge in [-0.25, -0.2) is 4.98 Å². The molecule has 5 heteroatoms. The molecule has 1 fully saturated rings. The smallest absolute Gasteiger partial charge is 0.219 e. The lowest BCUT2D eigenvalue weighted by atomic mass is 10.0. The van der Waals surface area contributed by atoms with E-state index >= 15 is 0 Å². The fourth-order valence-corrected chi connectivity index (χ4v) is 4.09. The number of nitrogens with zero attached hydrogens (tertiary/aromatic N) is 2. The molecule has 1 aliphatic rings. The van der Waals surface area contributed by atoms with E-state index in [4.69, 9.17) is 11.6 Å². The zero-order valence-electron chi connectivity index (χ0n) is 15.9. The summed E-state index contributed by atoms with van der Waals surface area (Å²) in [6, 6.07) is 17.1. The monoisotopic (exact) mass is 393 g/mol. The summed E-state index contributed by atoms with van der Waals surface area (Å²) < 4.78 is 2.26. The zero-order chi connectivity index (χ0) is 19.5. The van der Waals surface area contributed by atoms with Gasteiger partial charge in [0, 0.05) is 23.5 Å². The van der Waals surface area contributed by atoms with E-state index in [-0.39, 0.29) is 11.9 Å². The van der Waals surface area contributed by atoms with Crippen LogP contribution >= 0.6 is 11.6 Å². The molecule has 0 saturated heterocycles. The van der Waals surface area contributed by atoms with Gasteiger partial charge in [-0.1, -0.05) is 54.9 Å². The van der Waals surface area contributed by atoms with E-state index in [0.29, 0.717) is 12.5 Å². The summed E-state index contributed by atoms with van der Waals surface area (Å²) in [5.41, 5.74) is 4.58. The van der Waals surface area contributed by atoms with Crippen LogP contribution in [0.4, 0.5) is 0 Å². The van der Waals surface area contributed by atoms with Gasteiger partial charge in [-0.3, -0.25) is 4.79 Å². The molecule has 3 aromatic rings. The first-order chi connectivity index (χ1) is 13.6. The Morgan fingerprint density at radius 2 is 1.71 bits per heavy atom. The van der Waals surface area contributed by atoms with Crippen LogP contribution in [0.2, 0.25) is 5.02 Å². The molecule has 1 N–H and O–H groups in total. The van der Waals surface area contributed by atoms with Crippen LogP contribution in [0.15, 0.2) is 61.1 Å². The van der Waals surface area contributed by atoms with Gasteiger partial charge in [0.15, 0.2) is 0 Å². The second-order valence-corrected chi connectivity index (χ2v) is 7.79. The van der Waals surface area contributed by atoms with Crippen LogP contribution in [-0.4, -0.2) is 21.5 Å². The highest BCUT2D eigenvalue weighted by molar-refractivity contribution is 6.30. The lowest BCUT2D eigenvalue weighted by Crippen LogP contribution is -2.32. The zero-order valence-corrected chi connectivity index (χ0v) is 16.7. The first-order valence-corrected chi connectivity index (χ1v) is 10.2. The molecule has 2 unspecified atom stereocenters. The Bertz CT molecular complexity index is 947. The maximum Gasteiger partial charge on any atom is 0.219 e. The average molecular weight is 394 g/mol. The van der Waals surface area contributed by atoms with E-state index in [9.17, 15) is 4.79 Å². The van der Waals surface area contributed by atoms with Crippen molar-refractivity contribution in [3.8, 4) is 22.4 Å². The van der Waals surface area contributed by atoms with Crippen molar-refractivity contribution in [3.05, 3.63) is 66.1 Å². The van der Waals surface area contributed by atoms with Crippen molar-refractivity contribution in [1.82, 2.24) is 14.9 Å². The van der Waals surface area contributed by atoms with E-state index in [0.717, 1.165) is 46.7 Å². The molecule has 1 saturated carbocycles. The molecule has 144 valence electrons. The Morgan fingerprint density at radius 1 is 1.07 bits per heavy atom. The molecule has 0 bridgehead atoms. The molecule has 28 heavy (non-hydrogen) atoms. The third-order valence-electron chi connectivity index (χ3n) is 5.51. The standard InChI is InChI=1S/C23H24ClN3O/c1-2-23(28)26-20-11-12-21(13-20)27-15-25-14-22(27)18-5-3-16(4-6-18)17-7-9-19(24)10-8-17/h3-10,14-15,20-21H,2,11-13H2,1H3,(H,26,28). The van der Waals surface area contributed by atoms with E-state index in [1.54, 1.807) is 0 Å². The number of rotatable bonds is 5. The molecule has 1 aliphatic carbocycles. The van der Waals surface area contributed by atoms with Crippen LogP contribution in [0.5, 0.6) is 0 Å². The predicted molar refractivity (Wildman–Crippen MR) is 113 cm³/mol. The molecule has 2 atom stereocenters. The minimum atomic E-state index is 0.134. The predicted octanol–water partition coefficient (Wildman–Crippen LogP) is 5.49. The van der Waals surface area contributed by atoms with Gasteiger partial charge in [0.1, 0.15) is 0 Å². The fraction of sp³-hybridized carbons (Fsp3) is 0.304. The van der Waals surface area contributed by atoms with Crippen molar-refractivity contribution >= 4 is 17.5 Å². The Balaban J connectivity index is 1.51. The number of hydrogen-bond acceptors (Lipinski definition) is 2. The van der Waals surface area contributed by atoms with Crippen molar-refractivity contribution in [3.63, 3.8) is 0 Å². The maximum absolute atomic E-state index is 11.7. The highest BCUT2D eigenvalue weighted by Crippen LogP contribution is 2.34. The molecule has 1 aromatic heterocycles. The molecule has 2 aromatic carbocycles. The Labute approximate surface area is 170 Å². The summed E-state index contributed by atoms with van der Waals surface area (Å²) >= 11 is 5.98. The molecule has 0 radical (unpaired) electrons. The van der Waals surface area contributed by atoms with Gasteiger partial charge in [0.2, 0.25) is 5.91 Å². The molecule has 1 amide bonds. The number of hydrogen-bond donors (Lipinski definition) is 1. The van der Waals surface area contributed by atoms with E-state index in [2.05, 4.69) is 39.1 Å². The van der Waals surface area contributed by atoms with Crippen molar-refractivity contribution in [1.29, 1.82) is 0 Å². The average Bonchev–Trinajstić information content (AvgIpc) is 3.38. The Hall–Kier alpha value is -2.59. The van der Waals surface area contributed by atoms with Crippen LogP contribution in [0.1, 0.15) is 38.6 Å². The topological polar surface area (TPSA) is 46.9 Å². The summed E-state index contributed by atoms with van der Waals surface area (Å²) in [5.74, 6) is 0.134. The fourth-order valence-electron chi connectivity index (χ4n) is 3.97. The maximum atomic E-state index is 11.7. The van der Waals surface area contributed by atoms with Crippen molar-refractivity contribution in [2.45, 2.75) is 44.7 Å². The van der Waals surface area contributed by atoms with Crippen LogP contribution in [-0.2, 0) is 4.79 Å². The number of nitrogens with one attached hydrogen (secondary N) is 1. The van der Waals surface area contributed by atoms with Crippen molar-refractivity contribution < 1.29 is 4.79 Å². The second-order valence-electron chi connectivity index (χ2n) is 7.36. The lowest BCUT2D eigenvalue weighted by molar-refractivity contribution is -0.121. The molecular formula is C23H24ClN3O. The first kappa shape index (κ1) is 18.8. The van der Waals surface area contributed by atoms with Crippen LogP contribution in [0, 0.1) is 0 Å². The summed E-state index contributed by atoms with van der Waals surface area (Å²) in [6.07, 6.45) is 7.41. The lowest BCUT2D eigenvalue weighted by Gasteiger charge is -2.17. The normalized spacial score (nSPS) is 18.9. The minimum Gasteiger partial charge on any atom is -0.353 e. The largest absolute Gasteiger partial charge is 0.353 e. The van der Waals surface area contributed by atoms with Gasteiger partial charge < -0.3 is 9.88 Å². The molecule has 4 nitrogen and oxygen atoms in total. The summed E-state index contributed by atoms with van der Waals surface area (Å²) in [5, 5.41) is 3.87. The number of benzene rings is 2. The Kier molecular flexibility index (Phi) is 5.49. The second kappa shape index (κ2) is 8.19. The van der Waals surface area contributed by atoms with E-state index < -0.39 is 0 Å². The summed E-state index contributed by atoms with van der Waals surface area (Å²) in [6.45, 7) is 1.89. The quantitative estimate of drug-likeness (QED) is 0.623. The van der Waals surface area contributed by atoms with Gasteiger partial charge in [0.05, 0.1) is 18.2 Å². The number of imidazole rings is 1. The first-order valence-electron chi connectivity index (χ1n) is 9.81. The molecule has 0 spiro atoms. The van der Waals surface area contributed by atoms with Gasteiger partial charge in [-0.15, -0.1) is 0 Å². The number of amides is 1. The molecular weight excluding hydrogens is 370 g/mol. The Morgan fingerprint density at radius 3 is 2.39 bits per heavy atom. The minimum absolute atomic E-state index is 0.134. The molecule has 0 aliphatic heterocycles. The van der Waals surface area contributed by atoms with Gasteiger partial charge in [0.25, 0.3) is 0 Å². The number of halogens is 1. The number of carbonyl (C=O) groups is 1. The third kappa shape index (κ3) is 3.97. The van der Waals surface area contributed by atoms with Crippen LogP contribution in [0.25, 0.3) is 22.4 Å². The van der Waals surface area contributed by atoms with E-state index in [1.165, 1.54) is 0 Å². The highest BCUT2D eigenvalue weighted by Gasteiger charge is 2.28. The number of carbonyl (C=O) groups excluding carboxylic acids is 1. The summed E-state index contributed by atoms with van der Waals surface area (Å²) in [4.78, 5) is 16.1. The summed E-state index contributed by atoms with van der Waals surface area (Å²) in [7, 11) is 0. The third-order valence-corrected chi connectivity index (χ3v) is 5.76.